The SMILES string of the molecule is Brc1csc(Br)c1.C1COCCN1.CC(C)(C)c1cc(-c2cc(-c3ccc(C(=O)N4CCOCC4)cc3Cl)cs2)ccn1.CC(C)(C)c1cc(-c2cc(-c3ccc(C(=O)O)cc3Cl)cs2)ccn1.CC(C)(C)c1cc(-c2cc(Br)cs2)ccn1.CC(C)(C)c1cc(B2OC(C)(C)C(C)(C)O2)ccn1.O=C(O)c1ccc(B(O)O)c(Cl)c1. The Morgan fingerprint density at radius 3 is 1.20 bits per heavy atom. The van der Waals surface area contributed by atoms with Crippen molar-refractivity contribution in [2.75, 3.05) is 52.6 Å². The molecule has 0 unspecified atom stereocenters. The number of carboxylic acids is 2. The molecule has 0 saturated carbocycles. The summed E-state index contributed by atoms with van der Waals surface area (Å²) in [5.74, 6) is -2.09. The Kier molecular flexibility index (Phi) is 34.6. The number of carboxylic acid groups (broad SMARTS) is 2. The zero-order valence-electron chi connectivity index (χ0n) is 67.8. The number of morpholine rings is 2. The Labute approximate surface area is 738 Å². The minimum atomic E-state index is -1.68. The third-order valence-electron chi connectivity index (χ3n) is 18.5. The second kappa shape index (κ2) is 42.2. The molecule has 5 N–H and O–H groups in total. The number of hydrogen-bond acceptors (Lipinski definition) is 18. The molecule has 1 amide bonds. The molecule has 0 atom stereocenters. The number of aromatic nitrogens is 4. The third kappa shape index (κ3) is 27.8. The van der Waals surface area contributed by atoms with Crippen molar-refractivity contribution < 1.29 is 53.4 Å². The quantitative estimate of drug-likeness (QED) is 0.0801. The molecule has 0 spiro atoms. The van der Waals surface area contributed by atoms with Crippen LogP contribution in [0.1, 0.15) is 165 Å². The third-order valence-corrected chi connectivity index (χ3v) is 25.5. The van der Waals surface area contributed by atoms with Gasteiger partial charge >= 0.3 is 26.2 Å². The minimum absolute atomic E-state index is 0.00224. The molecule has 17 nitrogen and oxygen atoms in total. The molecule has 3 aromatic carbocycles. The van der Waals surface area contributed by atoms with Crippen molar-refractivity contribution in [1.29, 1.82) is 0 Å². The molecule has 0 bridgehead atoms. The van der Waals surface area contributed by atoms with E-state index in [0.29, 0.717) is 41.9 Å². The molecule has 8 aromatic heterocycles. The largest absolute Gasteiger partial charge is 0.494 e. The molecule has 116 heavy (non-hydrogen) atoms. The van der Waals surface area contributed by atoms with Crippen molar-refractivity contribution in [3.63, 3.8) is 0 Å². The molecule has 3 aliphatic heterocycles. The first-order valence-electron chi connectivity index (χ1n) is 37.3. The van der Waals surface area contributed by atoms with Crippen LogP contribution in [0.5, 0.6) is 0 Å². The Hall–Kier alpha value is -6.37. The minimum Gasteiger partial charge on any atom is -0.478 e. The summed E-state index contributed by atoms with van der Waals surface area (Å²) in [5.41, 5.74) is 13.1. The monoisotopic (exact) mass is 1890 g/mol. The highest BCUT2D eigenvalue weighted by Crippen LogP contribution is 2.41. The molecule has 0 aliphatic carbocycles. The fraction of sp³-hybridized carbons (Fsp3) is 0.345. The van der Waals surface area contributed by atoms with E-state index in [2.05, 4.69) is 243 Å². The van der Waals surface area contributed by atoms with E-state index in [1.54, 1.807) is 63.5 Å². The number of nitrogens with zero attached hydrogens (tertiary/aromatic N) is 5. The predicted molar refractivity (Wildman–Crippen MR) is 491 cm³/mol. The van der Waals surface area contributed by atoms with Gasteiger partial charge in [0.2, 0.25) is 0 Å². The molecule has 3 saturated heterocycles. The zero-order valence-corrected chi connectivity index (χ0v) is 78.1. The molecular formula is C87H98B2Br3Cl3N6O11S4. The van der Waals surface area contributed by atoms with E-state index < -0.39 is 19.1 Å². The number of amides is 1. The van der Waals surface area contributed by atoms with E-state index in [1.165, 1.54) is 43.4 Å². The average molecular weight is 1900 g/mol. The number of carbonyl (C=O) groups excluding carboxylic acids is 1. The second-order valence-electron chi connectivity index (χ2n) is 32.3. The smallest absolute Gasteiger partial charge is 0.478 e. The number of thiophene rings is 4. The highest BCUT2D eigenvalue weighted by molar-refractivity contribution is 9.11. The van der Waals surface area contributed by atoms with Crippen molar-refractivity contribution >= 4 is 171 Å². The van der Waals surface area contributed by atoms with Crippen molar-refractivity contribution in [2.24, 2.45) is 0 Å². The van der Waals surface area contributed by atoms with Crippen molar-refractivity contribution in [3.8, 4) is 53.6 Å². The van der Waals surface area contributed by atoms with Gasteiger partial charge in [-0.05, 0) is 229 Å². The van der Waals surface area contributed by atoms with Gasteiger partial charge in [0.25, 0.3) is 5.91 Å². The van der Waals surface area contributed by atoms with Crippen LogP contribution < -0.4 is 16.2 Å². The lowest BCUT2D eigenvalue weighted by molar-refractivity contribution is 0.00578. The summed E-state index contributed by atoms with van der Waals surface area (Å²) in [6, 6.07) is 39.1. The van der Waals surface area contributed by atoms with Gasteiger partial charge in [-0.1, -0.05) is 136 Å². The number of nitrogens with one attached hydrogen (secondary N) is 1. The summed E-state index contributed by atoms with van der Waals surface area (Å²) in [6.07, 6.45) is 7.43. The van der Waals surface area contributed by atoms with E-state index in [-0.39, 0.29) is 67.5 Å². The van der Waals surface area contributed by atoms with Gasteiger partial charge in [0, 0.05) is 167 Å². The van der Waals surface area contributed by atoms with Gasteiger partial charge in [-0.2, -0.15) is 0 Å². The van der Waals surface area contributed by atoms with Gasteiger partial charge < -0.3 is 49.3 Å². The Bertz CT molecular complexity index is 5080. The van der Waals surface area contributed by atoms with Gasteiger partial charge in [0.05, 0.1) is 52.5 Å². The van der Waals surface area contributed by atoms with Crippen LogP contribution in [0.25, 0.3) is 53.6 Å². The second-order valence-corrected chi connectivity index (χ2v) is 40.4. The van der Waals surface area contributed by atoms with Gasteiger partial charge in [-0.25, -0.2) is 9.59 Å². The standard InChI is InChI=1S/C24H25ClN2O2S.C20H18ClNO2S.C15H24BNO2.C13H14BrNS.C7H6BClO4.C4H2Br2S.C4H9NO/c1-24(2,3)22-14-16(6-7-26-22)21-13-18(15-30-21)19-5-4-17(12-20(19)25)23(28)27-8-10-29-11-9-27;1-20(2,3)18-10-12(6-7-22-18)17-9-14(11-25-17)15-5-4-13(19(23)24)8-16(15)21;1-13(2,3)12-10-11(8-9-17-12)16-18-14(4,5)15(6,7)19-16;1-13(2,3)12-6-9(4-5-15-12)11-7-10(14)8-16-11;9-6-3-4(7(10)11)1-2-5(6)8(12)13;5-3-1-4(6)7-2-3;1-3-6-4-2-5-1/h4-7,12-15H,8-11H2,1-3H3;4-11H,1-3H3,(H,23,24);8-10H,1-7H3;4-8H,1-3H3;1-3,12-13H,(H,10,11);1-2H;5H,1-4H2. The molecular weight excluding hydrogens is 1800 g/mol. The molecule has 3 aliphatic rings. The summed E-state index contributed by atoms with van der Waals surface area (Å²) >= 11 is 35.3. The highest BCUT2D eigenvalue weighted by atomic mass is 79.9. The van der Waals surface area contributed by atoms with Crippen LogP contribution in [0.15, 0.2) is 186 Å². The average Bonchev–Trinajstić information content (AvgIpc) is 1.62. The summed E-state index contributed by atoms with van der Waals surface area (Å²) in [6.45, 7) is 40.5. The summed E-state index contributed by atoms with van der Waals surface area (Å²) < 4.78 is 25.9. The normalized spacial score (nSPS) is 14.4. The van der Waals surface area contributed by atoms with Crippen LogP contribution in [0, 0.1) is 0 Å². The number of benzene rings is 3. The maximum atomic E-state index is 12.7. The van der Waals surface area contributed by atoms with Gasteiger partial charge in [0.1, 0.15) is 0 Å². The Morgan fingerprint density at radius 1 is 0.466 bits per heavy atom. The fourth-order valence-electron chi connectivity index (χ4n) is 11.1. The lowest BCUT2D eigenvalue weighted by atomic mass is 9.77. The van der Waals surface area contributed by atoms with E-state index in [4.69, 9.17) is 73.8 Å². The number of ether oxygens (including phenoxy) is 2. The maximum Gasteiger partial charge on any atom is 0.494 e. The van der Waals surface area contributed by atoms with E-state index in [1.807, 2.05) is 76.8 Å². The molecule has 614 valence electrons. The first-order chi connectivity index (χ1) is 54.4. The zero-order chi connectivity index (χ0) is 85.3. The highest BCUT2D eigenvalue weighted by Gasteiger charge is 2.52. The first-order valence-corrected chi connectivity index (χ1v) is 44.3. The summed E-state index contributed by atoms with van der Waals surface area (Å²) in [5, 5.41) is 47.6. The lowest BCUT2D eigenvalue weighted by Gasteiger charge is -2.32. The Balaban J connectivity index is 0.000000178. The van der Waals surface area contributed by atoms with Gasteiger partial charge in [-0.15, -0.1) is 45.3 Å². The molecule has 11 heterocycles. The van der Waals surface area contributed by atoms with Crippen molar-refractivity contribution in [2.45, 2.75) is 144 Å². The number of aromatic carboxylic acids is 2. The van der Waals surface area contributed by atoms with Crippen molar-refractivity contribution in [1.82, 2.24) is 30.2 Å². The van der Waals surface area contributed by atoms with E-state index in [0.717, 1.165) is 102 Å². The number of pyridine rings is 4. The van der Waals surface area contributed by atoms with Gasteiger partial charge in [0.15, 0.2) is 0 Å². The predicted octanol–water partition coefficient (Wildman–Crippen LogP) is 22.2. The summed E-state index contributed by atoms with van der Waals surface area (Å²) in [7, 11) is -2.00. The molecule has 11 aromatic rings. The van der Waals surface area contributed by atoms with Crippen LogP contribution in [0.3, 0.4) is 0 Å². The van der Waals surface area contributed by atoms with E-state index in [9.17, 15) is 14.4 Å². The number of hydrogen-bond donors (Lipinski definition) is 5. The van der Waals surface area contributed by atoms with Crippen LogP contribution in [0.4, 0.5) is 0 Å². The Morgan fingerprint density at radius 2 is 0.845 bits per heavy atom. The number of carbonyl (C=O) groups is 3. The van der Waals surface area contributed by atoms with Crippen molar-refractivity contribution in [3.05, 3.63) is 241 Å². The topological polar surface area (TPSA) is 236 Å². The van der Waals surface area contributed by atoms with Crippen LogP contribution >= 0.6 is 128 Å². The van der Waals surface area contributed by atoms with Gasteiger partial charge in [-0.3, -0.25) is 24.7 Å². The molecule has 3 fully saturated rings. The maximum absolute atomic E-state index is 12.7. The van der Waals surface area contributed by atoms with Crippen LogP contribution in [-0.4, -0.2) is 141 Å². The fourth-order valence-corrected chi connectivity index (χ4v) is 17.2. The lowest BCUT2D eigenvalue weighted by Crippen LogP contribution is -2.41. The molecule has 14 rings (SSSR count). The van der Waals surface area contributed by atoms with Crippen LogP contribution in [0.2, 0.25) is 15.1 Å². The molecule has 29 heteroatoms. The number of rotatable bonds is 10. The number of halogens is 6. The molecule has 0 radical (unpaired) electrons. The van der Waals surface area contributed by atoms with E-state index >= 15 is 0 Å². The van der Waals surface area contributed by atoms with Crippen LogP contribution in [-0.2, 0) is 40.4 Å². The summed E-state index contributed by atoms with van der Waals surface area (Å²) in [4.78, 5) is 57.5. The first kappa shape index (κ1) is 95.1.